The van der Waals surface area contributed by atoms with Crippen molar-refractivity contribution < 1.29 is 0 Å². The first-order valence-corrected chi connectivity index (χ1v) is 12.4. The number of rotatable bonds is 6. The molecule has 1 unspecified atom stereocenters. The third-order valence-electron chi connectivity index (χ3n) is 7.26. The summed E-state index contributed by atoms with van der Waals surface area (Å²) in [5.74, 6) is 0.679. The normalized spacial score (nSPS) is 13.8. The van der Waals surface area contributed by atoms with Crippen molar-refractivity contribution in [2.24, 2.45) is 0 Å². The highest BCUT2D eigenvalue weighted by molar-refractivity contribution is 5.85. The zero-order chi connectivity index (χ0) is 24.6. The summed E-state index contributed by atoms with van der Waals surface area (Å²) in [4.78, 5) is 19.1. The Morgan fingerprint density at radius 1 is 0.972 bits per heavy atom. The molecule has 1 N–H and O–H groups in total. The second kappa shape index (κ2) is 9.07. The maximum Gasteiger partial charge on any atom is 0.254 e. The Balaban J connectivity index is 1.50. The van der Waals surface area contributed by atoms with Gasteiger partial charge < -0.3 is 9.88 Å². The molecule has 7 heteroatoms. The van der Waals surface area contributed by atoms with Crippen molar-refractivity contribution >= 4 is 16.6 Å². The van der Waals surface area contributed by atoms with Crippen molar-refractivity contribution in [2.45, 2.75) is 39.3 Å². The van der Waals surface area contributed by atoms with E-state index in [9.17, 15) is 4.79 Å². The molecule has 36 heavy (non-hydrogen) atoms. The fourth-order valence-electron chi connectivity index (χ4n) is 5.32. The van der Waals surface area contributed by atoms with Crippen LogP contribution in [0.15, 0.2) is 77.6 Å². The van der Waals surface area contributed by atoms with Gasteiger partial charge in [-0.15, -0.1) is 5.10 Å². The summed E-state index contributed by atoms with van der Waals surface area (Å²) in [5, 5.41) is 13.9. The number of para-hydroxylation sites is 1. The van der Waals surface area contributed by atoms with Crippen LogP contribution in [0.2, 0.25) is 0 Å². The molecule has 6 rings (SSSR count). The molecular formula is C29H28N6O. The molecule has 1 aliphatic rings. The number of aromatic nitrogens is 5. The van der Waals surface area contributed by atoms with Gasteiger partial charge in [0.2, 0.25) is 0 Å². The van der Waals surface area contributed by atoms with Gasteiger partial charge in [-0.2, -0.15) is 0 Å². The van der Waals surface area contributed by atoms with E-state index in [1.807, 2.05) is 48.0 Å². The molecule has 5 aromatic rings. The van der Waals surface area contributed by atoms with Gasteiger partial charge in [-0.1, -0.05) is 60.7 Å². The molecular weight excluding hydrogens is 448 g/mol. The van der Waals surface area contributed by atoms with Crippen LogP contribution in [0.5, 0.6) is 0 Å². The van der Waals surface area contributed by atoms with E-state index in [1.165, 1.54) is 11.1 Å². The van der Waals surface area contributed by atoms with Gasteiger partial charge in [-0.05, 0) is 71.5 Å². The van der Waals surface area contributed by atoms with E-state index in [0.29, 0.717) is 17.9 Å². The molecule has 0 aliphatic carbocycles. The molecule has 3 heterocycles. The van der Waals surface area contributed by atoms with Crippen molar-refractivity contribution in [3.05, 3.63) is 117 Å². The molecule has 3 aromatic carbocycles. The first kappa shape index (κ1) is 22.2. The number of hydrogen-bond donors (Lipinski definition) is 1. The fraction of sp³-hybridized carbons (Fsp3) is 0.241. The Labute approximate surface area is 209 Å². The number of H-pyrrole nitrogens is 1. The van der Waals surface area contributed by atoms with Gasteiger partial charge in [0, 0.05) is 29.7 Å². The number of hydrogen-bond acceptors (Lipinski definition) is 5. The zero-order valence-corrected chi connectivity index (χ0v) is 20.5. The monoisotopic (exact) mass is 476 g/mol. The summed E-state index contributed by atoms with van der Waals surface area (Å²) >= 11 is 0. The highest BCUT2D eigenvalue weighted by Gasteiger charge is 2.34. The Morgan fingerprint density at radius 2 is 1.75 bits per heavy atom. The van der Waals surface area contributed by atoms with E-state index in [-0.39, 0.29) is 5.56 Å². The molecule has 180 valence electrons. The lowest BCUT2D eigenvalue weighted by atomic mass is 9.99. The van der Waals surface area contributed by atoms with Crippen LogP contribution >= 0.6 is 0 Å². The molecule has 7 nitrogen and oxygen atoms in total. The molecule has 0 amide bonds. The second-order valence-electron chi connectivity index (χ2n) is 9.51. The summed E-state index contributed by atoms with van der Waals surface area (Å²) in [7, 11) is 0. The highest BCUT2D eigenvalue weighted by atomic mass is 16.1. The molecule has 0 bridgehead atoms. The highest BCUT2D eigenvalue weighted by Crippen LogP contribution is 2.37. The van der Waals surface area contributed by atoms with Crippen LogP contribution in [0.3, 0.4) is 0 Å². The second-order valence-corrected chi connectivity index (χ2v) is 9.51. The van der Waals surface area contributed by atoms with Gasteiger partial charge in [0.15, 0.2) is 5.82 Å². The van der Waals surface area contributed by atoms with E-state index in [2.05, 4.69) is 68.7 Å². The maximum absolute atomic E-state index is 13.6. The zero-order valence-electron chi connectivity index (χ0n) is 20.5. The SMILES string of the molecule is Cc1ccc(C)c2[nH]c(=O)c(C(c3nnnn3CCc3ccccc3)N3CCc4ccccc43)cc12. The number of benzene rings is 3. The number of anilines is 1. The molecule has 0 saturated carbocycles. The summed E-state index contributed by atoms with van der Waals surface area (Å²) in [6, 6.07) is 24.5. The van der Waals surface area contributed by atoms with E-state index in [0.717, 1.165) is 47.1 Å². The minimum atomic E-state index is -0.410. The lowest BCUT2D eigenvalue weighted by molar-refractivity contribution is 0.538. The minimum Gasteiger partial charge on any atom is -0.357 e. The predicted molar refractivity (Wildman–Crippen MR) is 141 cm³/mol. The summed E-state index contributed by atoms with van der Waals surface area (Å²) in [6.45, 7) is 5.52. The van der Waals surface area contributed by atoms with Gasteiger partial charge in [0.05, 0.1) is 5.52 Å². The standard InChI is InChI=1S/C29H28N6O/c1-19-12-13-20(2)26-23(19)18-24(29(36)30-26)27(34-16-15-22-10-6-7-11-25(22)34)28-31-32-33-35(28)17-14-21-8-4-3-5-9-21/h3-13,18,27H,14-17H2,1-2H3,(H,30,36). The Hall–Kier alpha value is -4.26. The molecule has 0 radical (unpaired) electrons. The van der Waals surface area contributed by atoms with Crippen LogP contribution in [-0.2, 0) is 19.4 Å². The molecule has 0 fully saturated rings. The first-order chi connectivity index (χ1) is 17.6. The number of tetrazole rings is 1. The van der Waals surface area contributed by atoms with Gasteiger partial charge in [0.1, 0.15) is 6.04 Å². The summed E-state index contributed by atoms with van der Waals surface area (Å²) in [5.41, 5.74) is 7.22. The van der Waals surface area contributed by atoms with Gasteiger partial charge >= 0.3 is 0 Å². The Morgan fingerprint density at radius 3 is 2.61 bits per heavy atom. The third-order valence-corrected chi connectivity index (χ3v) is 7.26. The third kappa shape index (κ3) is 3.86. The first-order valence-electron chi connectivity index (χ1n) is 12.4. The van der Waals surface area contributed by atoms with E-state index < -0.39 is 6.04 Å². The Kier molecular flexibility index (Phi) is 5.60. The lowest BCUT2D eigenvalue weighted by Crippen LogP contribution is -2.34. The van der Waals surface area contributed by atoms with Crippen LogP contribution in [0, 0.1) is 13.8 Å². The molecule has 0 spiro atoms. The minimum absolute atomic E-state index is 0.108. The summed E-state index contributed by atoms with van der Waals surface area (Å²) < 4.78 is 1.85. The maximum atomic E-state index is 13.6. The van der Waals surface area contributed by atoms with Crippen molar-refractivity contribution in [1.82, 2.24) is 25.2 Å². The van der Waals surface area contributed by atoms with Gasteiger partial charge in [-0.25, -0.2) is 4.68 Å². The average Bonchev–Trinajstić information content (AvgIpc) is 3.54. The number of nitrogens with zero attached hydrogens (tertiary/aromatic N) is 5. The molecule has 0 saturated heterocycles. The van der Waals surface area contributed by atoms with E-state index in [4.69, 9.17) is 0 Å². The smallest absolute Gasteiger partial charge is 0.254 e. The average molecular weight is 477 g/mol. The van der Waals surface area contributed by atoms with E-state index >= 15 is 0 Å². The number of fused-ring (bicyclic) bond motifs is 2. The lowest BCUT2D eigenvalue weighted by Gasteiger charge is -2.29. The van der Waals surface area contributed by atoms with Crippen molar-refractivity contribution in [2.75, 3.05) is 11.4 Å². The number of aryl methyl sites for hydroxylation is 4. The van der Waals surface area contributed by atoms with Crippen LogP contribution in [0.25, 0.3) is 10.9 Å². The van der Waals surface area contributed by atoms with E-state index in [1.54, 1.807) is 0 Å². The Bertz CT molecular complexity index is 1600. The quantitative estimate of drug-likeness (QED) is 0.390. The van der Waals surface area contributed by atoms with Crippen LogP contribution in [-0.4, -0.2) is 31.7 Å². The molecule has 1 atom stereocenters. The number of nitrogens with one attached hydrogen (secondary N) is 1. The van der Waals surface area contributed by atoms with Crippen LogP contribution < -0.4 is 10.5 Å². The number of aromatic amines is 1. The van der Waals surface area contributed by atoms with Crippen molar-refractivity contribution in [3.63, 3.8) is 0 Å². The topological polar surface area (TPSA) is 79.7 Å². The fourth-order valence-corrected chi connectivity index (χ4v) is 5.32. The summed E-state index contributed by atoms with van der Waals surface area (Å²) in [6.07, 6.45) is 1.72. The van der Waals surface area contributed by atoms with Crippen molar-refractivity contribution in [1.29, 1.82) is 0 Å². The molecule has 1 aliphatic heterocycles. The van der Waals surface area contributed by atoms with Gasteiger partial charge in [-0.3, -0.25) is 4.79 Å². The predicted octanol–water partition coefficient (Wildman–Crippen LogP) is 4.53. The van der Waals surface area contributed by atoms with Crippen LogP contribution in [0.4, 0.5) is 5.69 Å². The van der Waals surface area contributed by atoms with Gasteiger partial charge in [0.25, 0.3) is 5.56 Å². The van der Waals surface area contributed by atoms with Crippen molar-refractivity contribution in [3.8, 4) is 0 Å². The van der Waals surface area contributed by atoms with Crippen LogP contribution in [0.1, 0.15) is 39.7 Å². The molecule has 2 aromatic heterocycles. The largest absolute Gasteiger partial charge is 0.357 e. The number of pyridine rings is 1.